The van der Waals surface area contributed by atoms with Gasteiger partial charge < -0.3 is 24.8 Å². The molecule has 192 valence electrons. The first-order valence-corrected chi connectivity index (χ1v) is 12.3. The van der Waals surface area contributed by atoms with Crippen LogP contribution in [0.25, 0.3) is 10.9 Å². The minimum absolute atomic E-state index is 0.103. The highest BCUT2D eigenvalue weighted by Gasteiger charge is 2.30. The number of aromatic nitrogens is 2. The third kappa shape index (κ3) is 5.56. The number of hydrogen-bond donors (Lipinski definition) is 2. The first-order chi connectivity index (χ1) is 17.1. The Morgan fingerprint density at radius 3 is 2.64 bits per heavy atom. The summed E-state index contributed by atoms with van der Waals surface area (Å²) in [6.07, 6.45) is 2.49. The molecule has 0 saturated carbocycles. The van der Waals surface area contributed by atoms with Crippen molar-refractivity contribution in [2.45, 2.75) is 45.3 Å². The number of nitrogens with one attached hydrogen (secondary N) is 2. The zero-order valence-electron chi connectivity index (χ0n) is 20.9. The van der Waals surface area contributed by atoms with E-state index in [4.69, 9.17) is 16.3 Å². The van der Waals surface area contributed by atoms with Gasteiger partial charge in [-0.3, -0.25) is 9.59 Å². The van der Waals surface area contributed by atoms with Crippen LogP contribution in [0.3, 0.4) is 0 Å². The molecule has 0 unspecified atom stereocenters. The zero-order valence-corrected chi connectivity index (χ0v) is 21.7. The number of carbonyl (C=O) groups is 1. The summed E-state index contributed by atoms with van der Waals surface area (Å²) in [5.41, 5.74) is 0.729. The van der Waals surface area contributed by atoms with Crippen LogP contribution in [-0.2, 0) is 4.79 Å². The second kappa shape index (κ2) is 10.3. The smallest absolute Gasteiger partial charge is 0.293 e. The van der Waals surface area contributed by atoms with Gasteiger partial charge in [0.2, 0.25) is 0 Å². The number of piperidine rings is 1. The lowest BCUT2D eigenvalue weighted by atomic mass is 9.96. The average Bonchev–Trinajstić information content (AvgIpc) is 2.83. The van der Waals surface area contributed by atoms with Crippen molar-refractivity contribution < 1.29 is 13.9 Å². The Morgan fingerprint density at radius 1 is 1.25 bits per heavy atom. The monoisotopic (exact) mass is 515 g/mol. The second-order valence-electron chi connectivity index (χ2n) is 9.56. The summed E-state index contributed by atoms with van der Waals surface area (Å²) in [7, 11) is 1.51. The lowest BCUT2D eigenvalue weighted by Crippen LogP contribution is -2.40. The van der Waals surface area contributed by atoms with Crippen molar-refractivity contribution in [3.05, 3.63) is 51.9 Å². The van der Waals surface area contributed by atoms with Gasteiger partial charge in [-0.05, 0) is 57.9 Å². The molecule has 4 rings (SSSR count). The molecule has 0 spiro atoms. The van der Waals surface area contributed by atoms with Crippen molar-refractivity contribution in [2.24, 2.45) is 0 Å². The molecule has 1 aromatic carbocycles. The molecule has 3 aromatic rings. The van der Waals surface area contributed by atoms with E-state index < -0.39 is 5.67 Å². The molecule has 0 radical (unpaired) electrons. The molecule has 1 aliphatic heterocycles. The van der Waals surface area contributed by atoms with E-state index in [1.165, 1.54) is 7.05 Å². The maximum absolute atomic E-state index is 14.2. The maximum atomic E-state index is 14.2. The number of fused-ring (bicyclic) bond motifs is 1. The summed E-state index contributed by atoms with van der Waals surface area (Å²) < 4.78 is 21.4. The van der Waals surface area contributed by atoms with E-state index in [1.54, 1.807) is 23.8 Å². The van der Waals surface area contributed by atoms with Gasteiger partial charge in [0.25, 0.3) is 11.5 Å². The summed E-state index contributed by atoms with van der Waals surface area (Å²) in [6.45, 7) is 6.39. The molecule has 0 aliphatic carbocycles. The molecule has 1 amide bonds. The molecule has 3 heterocycles. The number of carbonyl (C=O) groups excluding carboxylic acids is 1. The molecular weight excluding hydrogens is 485 g/mol. The number of pyridine rings is 2. The van der Waals surface area contributed by atoms with Crippen molar-refractivity contribution in [3.63, 3.8) is 0 Å². The van der Waals surface area contributed by atoms with Gasteiger partial charge >= 0.3 is 0 Å². The SMILES string of the molecule is CNC(=O)COc1cc2cc(Nc3cc(N4CCC(C)(F)CC4)ncc3Cl)ccc2n(C(C)C)c1=O. The van der Waals surface area contributed by atoms with Gasteiger partial charge in [-0.2, -0.15) is 0 Å². The summed E-state index contributed by atoms with van der Waals surface area (Å²) in [4.78, 5) is 31.2. The van der Waals surface area contributed by atoms with Gasteiger partial charge in [0.1, 0.15) is 11.5 Å². The quantitative estimate of drug-likeness (QED) is 0.468. The molecule has 0 atom stereocenters. The Kier molecular flexibility index (Phi) is 7.40. The number of anilines is 3. The third-order valence-corrected chi connectivity index (χ3v) is 6.71. The first kappa shape index (κ1) is 25.8. The number of amides is 1. The predicted octanol–water partition coefficient (Wildman–Crippen LogP) is 4.83. The van der Waals surface area contributed by atoms with Gasteiger partial charge in [-0.15, -0.1) is 0 Å². The molecular formula is C26H31ClFN5O3. The molecule has 1 aliphatic rings. The van der Waals surface area contributed by atoms with Crippen molar-refractivity contribution in [1.82, 2.24) is 14.9 Å². The van der Waals surface area contributed by atoms with Gasteiger partial charge in [0.05, 0.1) is 22.4 Å². The number of likely N-dealkylation sites (N-methyl/N-ethyl adjacent to an activating group) is 1. The highest BCUT2D eigenvalue weighted by Crippen LogP contribution is 2.33. The van der Waals surface area contributed by atoms with E-state index in [1.807, 2.05) is 38.1 Å². The minimum atomic E-state index is -1.14. The minimum Gasteiger partial charge on any atom is -0.478 e. The Labute approximate surface area is 214 Å². The van der Waals surface area contributed by atoms with Crippen molar-refractivity contribution in [1.29, 1.82) is 0 Å². The summed E-state index contributed by atoms with van der Waals surface area (Å²) in [6, 6.07) is 9.02. The highest BCUT2D eigenvalue weighted by molar-refractivity contribution is 6.33. The molecule has 1 fully saturated rings. The van der Waals surface area contributed by atoms with Crippen LogP contribution in [0.2, 0.25) is 5.02 Å². The Morgan fingerprint density at radius 2 is 1.97 bits per heavy atom. The summed E-state index contributed by atoms with van der Waals surface area (Å²) in [5.74, 6) is 0.511. The van der Waals surface area contributed by atoms with Gasteiger partial charge in [-0.1, -0.05) is 11.6 Å². The fourth-order valence-corrected chi connectivity index (χ4v) is 4.43. The fourth-order valence-electron chi connectivity index (χ4n) is 4.28. The van der Waals surface area contributed by atoms with Crippen molar-refractivity contribution in [3.8, 4) is 5.75 Å². The van der Waals surface area contributed by atoms with E-state index in [-0.39, 0.29) is 29.9 Å². The molecule has 36 heavy (non-hydrogen) atoms. The van der Waals surface area contributed by atoms with Crippen LogP contribution in [-0.4, -0.2) is 47.9 Å². The highest BCUT2D eigenvalue weighted by atomic mass is 35.5. The maximum Gasteiger partial charge on any atom is 0.293 e. The molecule has 2 aromatic heterocycles. The van der Waals surface area contributed by atoms with Crippen LogP contribution < -0.4 is 25.8 Å². The number of hydrogen-bond acceptors (Lipinski definition) is 6. The normalized spacial score (nSPS) is 15.2. The van der Waals surface area contributed by atoms with Crippen molar-refractivity contribution >= 4 is 45.6 Å². The van der Waals surface area contributed by atoms with Crippen LogP contribution in [0.4, 0.5) is 21.6 Å². The number of alkyl halides is 1. The average molecular weight is 516 g/mol. The van der Waals surface area contributed by atoms with Crippen LogP contribution in [0.15, 0.2) is 41.3 Å². The summed E-state index contributed by atoms with van der Waals surface area (Å²) in [5, 5.41) is 7.04. The van der Waals surface area contributed by atoms with Crippen LogP contribution in [0.1, 0.15) is 39.7 Å². The van der Waals surface area contributed by atoms with Crippen LogP contribution in [0, 0.1) is 0 Å². The summed E-state index contributed by atoms with van der Waals surface area (Å²) >= 11 is 6.44. The van der Waals surface area contributed by atoms with E-state index in [2.05, 4.69) is 20.5 Å². The molecule has 10 heteroatoms. The van der Waals surface area contributed by atoms with Crippen LogP contribution in [0.5, 0.6) is 5.75 Å². The largest absolute Gasteiger partial charge is 0.478 e. The Hall–Kier alpha value is -3.33. The first-order valence-electron chi connectivity index (χ1n) is 12.0. The molecule has 0 bridgehead atoms. The number of rotatable bonds is 7. The van der Waals surface area contributed by atoms with Gasteiger partial charge in [0, 0.05) is 43.3 Å². The predicted molar refractivity (Wildman–Crippen MR) is 142 cm³/mol. The van der Waals surface area contributed by atoms with Crippen LogP contribution >= 0.6 is 11.6 Å². The van der Waals surface area contributed by atoms with E-state index >= 15 is 0 Å². The lowest BCUT2D eigenvalue weighted by molar-refractivity contribution is -0.122. The van der Waals surface area contributed by atoms with E-state index in [0.717, 1.165) is 22.4 Å². The third-order valence-electron chi connectivity index (χ3n) is 6.41. The van der Waals surface area contributed by atoms with Crippen molar-refractivity contribution in [2.75, 3.05) is 37.0 Å². The lowest BCUT2D eigenvalue weighted by Gasteiger charge is -2.35. The number of nitrogens with zero attached hydrogens (tertiary/aromatic N) is 3. The Balaban J connectivity index is 1.65. The molecule has 2 N–H and O–H groups in total. The second-order valence-corrected chi connectivity index (χ2v) is 9.97. The molecule has 1 saturated heterocycles. The van der Waals surface area contributed by atoms with Gasteiger partial charge in [-0.25, -0.2) is 9.37 Å². The topological polar surface area (TPSA) is 88.5 Å². The Bertz CT molecular complexity index is 1330. The number of benzene rings is 1. The molecule has 8 nitrogen and oxygen atoms in total. The standard InChI is InChI=1S/C26H31ClFN5O3/c1-16(2)33-21-6-5-18(11-17(21)12-22(25(33)35)36-15-24(34)29-4)31-20-13-23(30-14-19(20)27)32-9-7-26(3,28)8-10-32/h5-6,11-14,16H,7-10,15H2,1-4H3,(H,29,34)(H,30,31). The zero-order chi connectivity index (χ0) is 26.0. The van der Waals surface area contributed by atoms with Gasteiger partial charge in [0.15, 0.2) is 12.4 Å². The van der Waals surface area contributed by atoms with E-state index in [9.17, 15) is 14.0 Å². The number of halogens is 2. The fraction of sp³-hybridized carbons (Fsp3) is 0.423. The van der Waals surface area contributed by atoms with E-state index in [0.29, 0.717) is 36.6 Å². The number of ether oxygens (including phenoxy) is 1.